The van der Waals surface area contributed by atoms with Crippen molar-refractivity contribution in [1.82, 2.24) is 0 Å². The number of hydrogen-bond acceptors (Lipinski definition) is 6. The smallest absolute Gasteiger partial charge is 0.167 e. The Morgan fingerprint density at radius 3 is 2.78 bits per heavy atom. The van der Waals surface area contributed by atoms with Crippen molar-refractivity contribution in [2.45, 2.75) is 42.2 Å². The van der Waals surface area contributed by atoms with Crippen LogP contribution in [0, 0.1) is 0 Å². The number of hydrogen-bond donors (Lipinski definition) is 3. The third kappa shape index (κ3) is 1.43. The van der Waals surface area contributed by atoms with Crippen LogP contribution in [0.2, 0.25) is 0 Å². The molecule has 138 valence electrons. The Morgan fingerprint density at radius 1 is 1.19 bits per heavy atom. The number of Topliss-reactive ketones (excluding diaryl/α,β-unsaturated/α-hetero) is 1. The van der Waals surface area contributed by atoms with Crippen LogP contribution in [0.4, 0.5) is 0 Å². The van der Waals surface area contributed by atoms with Gasteiger partial charge >= 0.3 is 0 Å². The van der Waals surface area contributed by atoms with Gasteiger partial charge in [-0.2, -0.15) is 0 Å². The molecule has 5 atom stereocenters. The lowest BCUT2D eigenvalue weighted by Gasteiger charge is -2.39. The van der Waals surface area contributed by atoms with E-state index in [-0.39, 0.29) is 29.6 Å². The van der Waals surface area contributed by atoms with Crippen molar-refractivity contribution >= 4 is 5.78 Å². The second-order valence-corrected chi connectivity index (χ2v) is 7.87. The lowest BCUT2D eigenvalue weighted by atomic mass is 9.67. The van der Waals surface area contributed by atoms with Crippen LogP contribution in [0.3, 0.4) is 0 Å². The average molecular weight is 366 g/mol. The van der Waals surface area contributed by atoms with Gasteiger partial charge in [0.2, 0.25) is 0 Å². The molecule has 0 saturated carbocycles. The molecule has 2 aromatic carbocycles. The van der Waals surface area contributed by atoms with Gasteiger partial charge in [0.15, 0.2) is 5.78 Å². The molecule has 1 aliphatic heterocycles. The van der Waals surface area contributed by atoms with Crippen LogP contribution < -0.4 is 0 Å². The maximum absolute atomic E-state index is 12.6. The van der Waals surface area contributed by atoms with Crippen LogP contribution in [-0.4, -0.2) is 34.3 Å². The lowest BCUT2D eigenvalue weighted by Crippen LogP contribution is -2.41. The van der Waals surface area contributed by atoms with Crippen molar-refractivity contribution in [3.63, 3.8) is 0 Å². The number of aromatic hydroxyl groups is 2. The van der Waals surface area contributed by atoms with Crippen molar-refractivity contribution in [3.8, 4) is 11.5 Å². The van der Waals surface area contributed by atoms with Crippen molar-refractivity contribution < 1.29 is 29.6 Å². The summed E-state index contributed by atoms with van der Waals surface area (Å²) >= 11 is 0. The third-order valence-electron chi connectivity index (χ3n) is 6.96. The number of methoxy groups -OCH3 is 1. The first kappa shape index (κ1) is 15.6. The van der Waals surface area contributed by atoms with Gasteiger partial charge in [-0.3, -0.25) is 4.79 Å². The standard InChI is InChI=1S/C21H18O6/c1-26-19-17-9-5-6-12(23)15-13(24)7-8-20(16(9)15)21(17,27-20)10-3-2-4-11(22)14(10)18(19)25/h2-6,17-19,22-23,25H,7-8H2,1H3/t17?,18-,19+,20?,21?/m0/s1. The lowest BCUT2D eigenvalue weighted by molar-refractivity contribution is -0.0573. The van der Waals surface area contributed by atoms with E-state index < -0.39 is 23.4 Å². The van der Waals surface area contributed by atoms with Crippen LogP contribution in [0.5, 0.6) is 11.5 Å². The Balaban J connectivity index is 1.73. The highest BCUT2D eigenvalue weighted by Crippen LogP contribution is 2.81. The Hall–Kier alpha value is -2.41. The summed E-state index contributed by atoms with van der Waals surface area (Å²) in [6, 6.07) is 8.51. The highest BCUT2D eigenvalue weighted by Gasteiger charge is 2.84. The van der Waals surface area contributed by atoms with E-state index in [0.29, 0.717) is 17.5 Å². The summed E-state index contributed by atoms with van der Waals surface area (Å²) < 4.78 is 12.1. The Bertz CT molecular complexity index is 1050. The van der Waals surface area contributed by atoms with Crippen molar-refractivity contribution in [2.75, 3.05) is 7.11 Å². The highest BCUT2D eigenvalue weighted by molar-refractivity contribution is 6.03. The van der Waals surface area contributed by atoms with E-state index in [1.165, 1.54) is 7.11 Å². The summed E-state index contributed by atoms with van der Waals surface area (Å²) in [5, 5.41) is 31.8. The van der Waals surface area contributed by atoms with E-state index in [1.54, 1.807) is 18.2 Å². The maximum atomic E-state index is 12.6. The molecule has 0 bridgehead atoms. The number of aliphatic hydroxyl groups is 1. The molecule has 1 heterocycles. The molecule has 0 amide bonds. The maximum Gasteiger partial charge on any atom is 0.167 e. The third-order valence-corrected chi connectivity index (χ3v) is 6.96. The summed E-state index contributed by atoms with van der Waals surface area (Å²) in [6.07, 6.45) is -0.872. The molecule has 2 aromatic rings. The van der Waals surface area contributed by atoms with E-state index in [0.717, 1.165) is 16.7 Å². The molecule has 3 aliphatic carbocycles. The molecule has 2 spiro atoms. The van der Waals surface area contributed by atoms with Crippen LogP contribution in [0.15, 0.2) is 30.3 Å². The zero-order valence-corrected chi connectivity index (χ0v) is 14.6. The molecule has 3 unspecified atom stereocenters. The molecule has 0 radical (unpaired) electrons. The fourth-order valence-corrected chi connectivity index (χ4v) is 6.03. The van der Waals surface area contributed by atoms with Crippen LogP contribution in [0.25, 0.3) is 0 Å². The fraction of sp³-hybridized carbons (Fsp3) is 0.381. The summed E-state index contributed by atoms with van der Waals surface area (Å²) in [4.78, 5) is 12.6. The van der Waals surface area contributed by atoms with Gasteiger partial charge in [-0.05, 0) is 29.7 Å². The number of carbonyl (C=O) groups excluding carboxylic acids is 1. The number of ketones is 1. The molecule has 0 aromatic heterocycles. The number of phenolic OH excluding ortho intramolecular Hbond substituents is 2. The molecular weight excluding hydrogens is 348 g/mol. The first-order valence-electron chi connectivity index (χ1n) is 9.11. The number of rotatable bonds is 1. The summed E-state index contributed by atoms with van der Waals surface area (Å²) in [6.45, 7) is 0. The van der Waals surface area contributed by atoms with E-state index in [1.807, 2.05) is 12.1 Å². The molecule has 6 heteroatoms. The van der Waals surface area contributed by atoms with Gasteiger partial charge in [-0.15, -0.1) is 0 Å². The largest absolute Gasteiger partial charge is 0.508 e. The molecule has 1 saturated heterocycles. The topological polar surface area (TPSA) is 99.5 Å². The van der Waals surface area contributed by atoms with Gasteiger partial charge in [0.05, 0.1) is 17.6 Å². The molecule has 1 fully saturated rings. The number of ether oxygens (including phenoxy) is 2. The van der Waals surface area contributed by atoms with Crippen molar-refractivity contribution in [2.24, 2.45) is 0 Å². The van der Waals surface area contributed by atoms with Gasteiger partial charge in [-0.25, -0.2) is 0 Å². The molecule has 6 nitrogen and oxygen atoms in total. The summed E-state index contributed by atoms with van der Waals surface area (Å²) in [7, 11) is 1.53. The molecule has 27 heavy (non-hydrogen) atoms. The van der Waals surface area contributed by atoms with Gasteiger partial charge in [0, 0.05) is 24.7 Å². The summed E-state index contributed by atoms with van der Waals surface area (Å²) in [5.41, 5.74) is 1.57. The normalized spacial score (nSPS) is 37.3. The van der Waals surface area contributed by atoms with E-state index in [4.69, 9.17) is 9.47 Å². The van der Waals surface area contributed by atoms with E-state index in [2.05, 4.69) is 0 Å². The Kier molecular flexibility index (Phi) is 2.62. The van der Waals surface area contributed by atoms with Crippen LogP contribution in [-0.2, 0) is 20.7 Å². The highest BCUT2D eigenvalue weighted by atomic mass is 16.6. The SMILES string of the molecule is CO[C@@H]1C2c3ccc(O)c4c3C3(CCC4=O)OC23c2cccc(O)c2[C@@H]1O. The molecular formula is C21H18O6. The van der Waals surface area contributed by atoms with Gasteiger partial charge in [-0.1, -0.05) is 18.2 Å². The van der Waals surface area contributed by atoms with E-state index in [9.17, 15) is 20.1 Å². The second kappa shape index (κ2) is 4.52. The minimum Gasteiger partial charge on any atom is -0.508 e. The number of epoxide rings is 1. The molecule has 6 rings (SSSR count). The number of benzene rings is 2. The second-order valence-electron chi connectivity index (χ2n) is 7.87. The fourth-order valence-electron chi connectivity index (χ4n) is 6.03. The number of carbonyl (C=O) groups is 1. The number of aliphatic hydroxyl groups excluding tert-OH is 1. The minimum atomic E-state index is -1.02. The Morgan fingerprint density at radius 2 is 2.00 bits per heavy atom. The summed E-state index contributed by atoms with van der Waals surface area (Å²) in [5.74, 6) is -0.448. The van der Waals surface area contributed by atoms with Gasteiger partial charge in [0.25, 0.3) is 0 Å². The predicted molar refractivity (Wildman–Crippen MR) is 92.7 cm³/mol. The number of phenols is 2. The number of fused-ring (bicyclic) bond motifs is 2. The van der Waals surface area contributed by atoms with Crippen molar-refractivity contribution in [3.05, 3.63) is 58.1 Å². The van der Waals surface area contributed by atoms with Gasteiger partial charge < -0.3 is 24.8 Å². The minimum absolute atomic E-state index is 0.00596. The zero-order chi connectivity index (χ0) is 18.7. The first-order chi connectivity index (χ1) is 13.0. The van der Waals surface area contributed by atoms with Crippen molar-refractivity contribution in [1.29, 1.82) is 0 Å². The van der Waals surface area contributed by atoms with E-state index >= 15 is 0 Å². The Labute approximate surface area is 155 Å². The zero-order valence-electron chi connectivity index (χ0n) is 14.6. The quantitative estimate of drug-likeness (QED) is 0.670. The average Bonchev–Trinajstić information content (AvgIpc) is 3.24. The molecule has 3 N–H and O–H groups in total. The first-order valence-corrected chi connectivity index (χ1v) is 9.11. The monoisotopic (exact) mass is 366 g/mol. The van der Waals surface area contributed by atoms with Crippen LogP contribution in [0.1, 0.15) is 57.5 Å². The molecule has 4 aliphatic rings. The van der Waals surface area contributed by atoms with Crippen LogP contribution >= 0.6 is 0 Å². The predicted octanol–water partition coefficient (Wildman–Crippen LogP) is 2.35. The van der Waals surface area contributed by atoms with Gasteiger partial charge in [0.1, 0.15) is 28.8 Å².